The van der Waals surface area contributed by atoms with Crippen molar-refractivity contribution in [3.63, 3.8) is 0 Å². The van der Waals surface area contributed by atoms with Gasteiger partial charge in [-0.15, -0.1) is 0 Å². The van der Waals surface area contributed by atoms with Crippen LogP contribution in [-0.4, -0.2) is 25.2 Å². The van der Waals surface area contributed by atoms with Crippen LogP contribution in [0.25, 0.3) is 0 Å². The van der Waals surface area contributed by atoms with Crippen molar-refractivity contribution in [2.45, 2.75) is 18.5 Å². The summed E-state index contributed by atoms with van der Waals surface area (Å²) in [5.41, 5.74) is 0.456. The first kappa shape index (κ1) is 15.7. The molecule has 21 heavy (non-hydrogen) atoms. The molecule has 0 saturated carbocycles. The van der Waals surface area contributed by atoms with E-state index >= 15 is 0 Å². The number of hydrogen-bond donors (Lipinski definition) is 3. The van der Waals surface area contributed by atoms with Crippen molar-refractivity contribution in [3.05, 3.63) is 40.8 Å². The van der Waals surface area contributed by atoms with Crippen molar-refractivity contribution >= 4 is 27.3 Å². The van der Waals surface area contributed by atoms with Gasteiger partial charge in [0.25, 0.3) is 10.0 Å². The Morgan fingerprint density at radius 1 is 1.43 bits per heavy atom. The van der Waals surface area contributed by atoms with Gasteiger partial charge in [-0.05, 0) is 24.7 Å². The fourth-order valence-corrected chi connectivity index (χ4v) is 3.11. The molecule has 3 N–H and O–H groups in total. The maximum atomic E-state index is 13.2. The zero-order chi connectivity index (χ0) is 15.5. The van der Waals surface area contributed by atoms with E-state index in [1.54, 1.807) is 0 Å². The van der Waals surface area contributed by atoms with E-state index < -0.39 is 15.8 Å². The molecule has 9 heteroatoms. The molecule has 0 aliphatic carbocycles. The van der Waals surface area contributed by atoms with Gasteiger partial charge in [-0.1, -0.05) is 18.5 Å². The zero-order valence-electron chi connectivity index (χ0n) is 11.2. The molecule has 114 valence electrons. The van der Waals surface area contributed by atoms with Gasteiger partial charge in [0.2, 0.25) is 0 Å². The second-order valence-electron chi connectivity index (χ2n) is 4.23. The van der Waals surface area contributed by atoms with Gasteiger partial charge in [0.15, 0.2) is 5.03 Å². The molecule has 0 unspecified atom stereocenters. The highest BCUT2D eigenvalue weighted by molar-refractivity contribution is 7.92. The van der Waals surface area contributed by atoms with Gasteiger partial charge in [-0.3, -0.25) is 9.82 Å². The lowest BCUT2D eigenvalue weighted by Gasteiger charge is -2.10. The molecule has 1 aromatic heterocycles. The number of benzene rings is 1. The summed E-state index contributed by atoms with van der Waals surface area (Å²) in [5, 5.41) is 9.20. The first-order chi connectivity index (χ1) is 9.94. The summed E-state index contributed by atoms with van der Waals surface area (Å²) in [6.45, 7) is 2.94. The Balaban J connectivity index is 2.30. The van der Waals surface area contributed by atoms with Crippen LogP contribution >= 0.6 is 11.6 Å². The summed E-state index contributed by atoms with van der Waals surface area (Å²) in [4.78, 5) is 0. The van der Waals surface area contributed by atoms with E-state index in [1.807, 2.05) is 6.92 Å². The topological polar surface area (TPSA) is 86.9 Å². The predicted molar refractivity (Wildman–Crippen MR) is 78.2 cm³/mol. The van der Waals surface area contributed by atoms with Crippen molar-refractivity contribution < 1.29 is 12.8 Å². The van der Waals surface area contributed by atoms with Crippen LogP contribution < -0.4 is 10.0 Å². The highest BCUT2D eigenvalue weighted by Gasteiger charge is 2.22. The minimum atomic E-state index is -3.93. The van der Waals surface area contributed by atoms with Gasteiger partial charge >= 0.3 is 0 Å². The van der Waals surface area contributed by atoms with Gasteiger partial charge in [-0.25, -0.2) is 4.39 Å². The third kappa shape index (κ3) is 3.72. The molecule has 0 radical (unpaired) electrons. The molecular weight excluding hydrogens is 319 g/mol. The second-order valence-corrected chi connectivity index (χ2v) is 6.26. The number of nitrogens with zero attached hydrogens (tertiary/aromatic N) is 1. The highest BCUT2D eigenvalue weighted by atomic mass is 35.5. The minimum Gasteiger partial charge on any atom is -0.313 e. The highest BCUT2D eigenvalue weighted by Crippen LogP contribution is 2.25. The Kier molecular flexibility index (Phi) is 4.81. The van der Waals surface area contributed by atoms with Crippen LogP contribution in [0, 0.1) is 5.82 Å². The van der Waals surface area contributed by atoms with E-state index in [4.69, 9.17) is 11.6 Å². The van der Waals surface area contributed by atoms with E-state index in [0.29, 0.717) is 18.7 Å². The summed E-state index contributed by atoms with van der Waals surface area (Å²) in [7, 11) is -3.93. The SMILES string of the molecule is CCNCc1cn[nH]c1S(=O)(=O)Nc1cc(F)ccc1Cl. The van der Waals surface area contributed by atoms with Gasteiger partial charge in [0.1, 0.15) is 5.82 Å². The number of sulfonamides is 1. The smallest absolute Gasteiger partial charge is 0.279 e. The van der Waals surface area contributed by atoms with Gasteiger partial charge < -0.3 is 5.32 Å². The Bertz CT molecular complexity index is 733. The lowest BCUT2D eigenvalue weighted by atomic mass is 10.3. The number of aromatic nitrogens is 2. The minimum absolute atomic E-state index is 0.0272. The summed E-state index contributed by atoms with van der Waals surface area (Å²) >= 11 is 5.86. The molecule has 0 fully saturated rings. The fourth-order valence-electron chi connectivity index (χ4n) is 1.69. The van der Waals surface area contributed by atoms with E-state index in [0.717, 1.165) is 12.1 Å². The van der Waals surface area contributed by atoms with Crippen molar-refractivity contribution in [1.29, 1.82) is 0 Å². The summed E-state index contributed by atoms with van der Waals surface area (Å²) < 4.78 is 40.1. The van der Waals surface area contributed by atoms with Gasteiger partial charge in [0, 0.05) is 12.1 Å². The second kappa shape index (κ2) is 6.42. The lowest BCUT2D eigenvalue weighted by Crippen LogP contribution is -2.18. The molecule has 0 atom stereocenters. The molecule has 1 heterocycles. The van der Waals surface area contributed by atoms with Gasteiger partial charge in [-0.2, -0.15) is 13.5 Å². The number of nitrogens with one attached hydrogen (secondary N) is 3. The predicted octanol–water partition coefficient (Wildman–Crippen LogP) is 2.11. The van der Waals surface area contributed by atoms with Gasteiger partial charge in [0.05, 0.1) is 16.9 Å². The number of anilines is 1. The molecule has 0 saturated heterocycles. The molecule has 0 bridgehead atoms. The third-order valence-corrected chi connectivity index (χ3v) is 4.39. The van der Waals surface area contributed by atoms with E-state index in [-0.39, 0.29) is 15.7 Å². The maximum absolute atomic E-state index is 13.2. The Labute approximate surface area is 126 Å². The van der Waals surface area contributed by atoms with E-state index in [2.05, 4.69) is 20.2 Å². The maximum Gasteiger partial charge on any atom is 0.279 e. The van der Waals surface area contributed by atoms with Crippen molar-refractivity contribution in [3.8, 4) is 0 Å². The third-order valence-electron chi connectivity index (χ3n) is 2.69. The van der Waals surface area contributed by atoms with Crippen LogP contribution in [0.15, 0.2) is 29.4 Å². The zero-order valence-corrected chi connectivity index (χ0v) is 12.7. The molecule has 6 nitrogen and oxygen atoms in total. The number of halogens is 2. The summed E-state index contributed by atoms with van der Waals surface area (Å²) in [6.07, 6.45) is 1.42. The van der Waals surface area contributed by atoms with Crippen LogP contribution in [0.1, 0.15) is 12.5 Å². The number of aromatic amines is 1. The van der Waals surface area contributed by atoms with Crippen LogP contribution in [0.4, 0.5) is 10.1 Å². The molecule has 0 amide bonds. The lowest BCUT2D eigenvalue weighted by molar-refractivity contribution is 0.594. The van der Waals surface area contributed by atoms with Crippen molar-refractivity contribution in [2.24, 2.45) is 0 Å². The average Bonchev–Trinajstić information content (AvgIpc) is 2.89. The molecule has 0 aliphatic heterocycles. The first-order valence-corrected chi connectivity index (χ1v) is 8.01. The molecule has 2 aromatic rings. The Morgan fingerprint density at radius 3 is 2.90 bits per heavy atom. The van der Waals surface area contributed by atoms with Crippen molar-refractivity contribution in [1.82, 2.24) is 15.5 Å². The normalized spacial score (nSPS) is 11.6. The molecule has 0 spiro atoms. The first-order valence-electron chi connectivity index (χ1n) is 6.15. The van der Waals surface area contributed by atoms with E-state index in [9.17, 15) is 12.8 Å². The Hall–Kier alpha value is -1.64. The van der Waals surface area contributed by atoms with Crippen LogP contribution in [-0.2, 0) is 16.6 Å². The molecule has 0 aliphatic rings. The quantitative estimate of drug-likeness (QED) is 0.756. The van der Waals surface area contributed by atoms with Crippen LogP contribution in [0.5, 0.6) is 0 Å². The monoisotopic (exact) mass is 332 g/mol. The molecule has 2 rings (SSSR count). The summed E-state index contributed by atoms with van der Waals surface area (Å²) in [6, 6.07) is 3.44. The van der Waals surface area contributed by atoms with Crippen LogP contribution in [0.3, 0.4) is 0 Å². The largest absolute Gasteiger partial charge is 0.313 e. The Morgan fingerprint density at radius 2 is 2.19 bits per heavy atom. The summed E-state index contributed by atoms with van der Waals surface area (Å²) in [5.74, 6) is -0.588. The molecule has 1 aromatic carbocycles. The van der Waals surface area contributed by atoms with Crippen LogP contribution in [0.2, 0.25) is 5.02 Å². The number of H-pyrrole nitrogens is 1. The fraction of sp³-hybridized carbons (Fsp3) is 0.250. The average molecular weight is 333 g/mol. The number of hydrogen-bond acceptors (Lipinski definition) is 4. The van der Waals surface area contributed by atoms with Crippen molar-refractivity contribution in [2.75, 3.05) is 11.3 Å². The molecular formula is C12H14ClFN4O2S. The van der Waals surface area contributed by atoms with E-state index in [1.165, 1.54) is 12.3 Å². The standard InChI is InChI=1S/C12H14ClFN4O2S/c1-2-15-6-8-7-16-17-12(8)21(19,20)18-11-5-9(14)3-4-10(11)13/h3-5,7,15,18H,2,6H2,1H3,(H,16,17). The number of rotatable bonds is 6.